The molecule has 0 amide bonds. The first-order valence-electron chi connectivity index (χ1n) is 7.26. The van der Waals surface area contributed by atoms with Gasteiger partial charge in [-0.1, -0.05) is 12.1 Å². The lowest BCUT2D eigenvalue weighted by Gasteiger charge is -2.08. The van der Waals surface area contributed by atoms with Gasteiger partial charge in [-0.2, -0.15) is 0 Å². The molecule has 108 valence electrons. The van der Waals surface area contributed by atoms with E-state index in [0.29, 0.717) is 6.61 Å². The third-order valence-corrected chi connectivity index (χ3v) is 3.62. The van der Waals surface area contributed by atoms with E-state index in [-0.39, 0.29) is 0 Å². The molecule has 3 nitrogen and oxygen atoms in total. The molecule has 1 heterocycles. The van der Waals surface area contributed by atoms with E-state index in [9.17, 15) is 0 Å². The minimum Gasteiger partial charge on any atom is -0.494 e. The Morgan fingerprint density at radius 2 is 1.86 bits per heavy atom. The van der Waals surface area contributed by atoms with Crippen LogP contribution in [0.5, 0.6) is 5.75 Å². The van der Waals surface area contributed by atoms with Crippen molar-refractivity contribution in [1.82, 2.24) is 4.57 Å². The maximum absolute atomic E-state index is 5.73. The van der Waals surface area contributed by atoms with Crippen molar-refractivity contribution >= 4 is 16.6 Å². The molecule has 0 unspecified atom stereocenters. The quantitative estimate of drug-likeness (QED) is 0.567. The standard InChI is InChI=1S/C18H20N2O/c1-14-3-4-15-9-11-20(18(15)13-14)10-2-12-21-17-7-5-16(19)6-8-17/h3-9,11,13H,2,10,12,19H2,1H3. The number of nitrogens with two attached hydrogens (primary N) is 1. The number of hydrogen-bond acceptors (Lipinski definition) is 2. The number of benzene rings is 2. The lowest BCUT2D eigenvalue weighted by Crippen LogP contribution is -2.03. The van der Waals surface area contributed by atoms with Gasteiger partial charge in [-0.3, -0.25) is 0 Å². The van der Waals surface area contributed by atoms with Crippen LogP contribution in [0.1, 0.15) is 12.0 Å². The molecule has 0 spiro atoms. The van der Waals surface area contributed by atoms with Gasteiger partial charge in [0.15, 0.2) is 0 Å². The maximum Gasteiger partial charge on any atom is 0.119 e. The van der Waals surface area contributed by atoms with Crippen molar-refractivity contribution in [3.8, 4) is 5.75 Å². The molecule has 3 heteroatoms. The molecule has 0 saturated heterocycles. The second-order valence-electron chi connectivity index (χ2n) is 5.34. The normalized spacial score (nSPS) is 10.9. The molecule has 0 aliphatic rings. The van der Waals surface area contributed by atoms with E-state index in [2.05, 4.69) is 42.0 Å². The number of rotatable bonds is 5. The molecular formula is C18H20N2O. The Kier molecular flexibility index (Phi) is 3.82. The molecule has 1 aromatic heterocycles. The average molecular weight is 280 g/mol. The van der Waals surface area contributed by atoms with Crippen LogP contribution in [-0.4, -0.2) is 11.2 Å². The highest BCUT2D eigenvalue weighted by molar-refractivity contribution is 5.80. The number of aromatic nitrogens is 1. The molecule has 2 aromatic carbocycles. The first-order chi connectivity index (χ1) is 10.2. The van der Waals surface area contributed by atoms with Crippen LogP contribution in [-0.2, 0) is 6.54 Å². The molecule has 2 N–H and O–H groups in total. The molecule has 0 atom stereocenters. The highest BCUT2D eigenvalue weighted by Gasteiger charge is 2.01. The molecular weight excluding hydrogens is 260 g/mol. The largest absolute Gasteiger partial charge is 0.494 e. The summed E-state index contributed by atoms with van der Waals surface area (Å²) in [5, 5.41) is 1.29. The smallest absolute Gasteiger partial charge is 0.119 e. The van der Waals surface area contributed by atoms with Crippen molar-refractivity contribution in [3.63, 3.8) is 0 Å². The topological polar surface area (TPSA) is 40.2 Å². The number of aryl methyl sites for hydroxylation is 2. The summed E-state index contributed by atoms with van der Waals surface area (Å²) in [6.45, 7) is 3.79. The van der Waals surface area contributed by atoms with Crippen molar-refractivity contribution in [1.29, 1.82) is 0 Å². The Hall–Kier alpha value is -2.42. The fraction of sp³-hybridized carbons (Fsp3) is 0.222. The lowest BCUT2D eigenvalue weighted by atomic mass is 10.2. The molecule has 3 aromatic rings. The molecule has 0 radical (unpaired) electrons. The lowest BCUT2D eigenvalue weighted by molar-refractivity contribution is 0.302. The van der Waals surface area contributed by atoms with Crippen LogP contribution in [0.4, 0.5) is 5.69 Å². The summed E-state index contributed by atoms with van der Waals surface area (Å²) < 4.78 is 8.01. The SMILES string of the molecule is Cc1ccc2ccn(CCCOc3ccc(N)cc3)c2c1. The van der Waals surface area contributed by atoms with Gasteiger partial charge >= 0.3 is 0 Å². The van der Waals surface area contributed by atoms with E-state index in [0.717, 1.165) is 24.4 Å². The van der Waals surface area contributed by atoms with Gasteiger partial charge in [0.25, 0.3) is 0 Å². The van der Waals surface area contributed by atoms with Crippen molar-refractivity contribution in [2.75, 3.05) is 12.3 Å². The Labute approximate surface area is 125 Å². The predicted octanol–water partition coefficient (Wildman–Crippen LogP) is 4.00. The maximum atomic E-state index is 5.73. The minimum atomic E-state index is 0.704. The molecule has 0 fully saturated rings. The van der Waals surface area contributed by atoms with Crippen LogP contribution in [0.25, 0.3) is 10.9 Å². The average Bonchev–Trinajstić information content (AvgIpc) is 2.88. The predicted molar refractivity (Wildman–Crippen MR) is 87.6 cm³/mol. The Morgan fingerprint density at radius 1 is 1.05 bits per heavy atom. The fourth-order valence-corrected chi connectivity index (χ4v) is 2.48. The van der Waals surface area contributed by atoms with E-state index in [1.165, 1.54) is 16.5 Å². The Bertz CT molecular complexity index is 729. The van der Waals surface area contributed by atoms with E-state index >= 15 is 0 Å². The highest BCUT2D eigenvalue weighted by atomic mass is 16.5. The third kappa shape index (κ3) is 3.19. The molecule has 0 aliphatic carbocycles. The molecule has 0 saturated carbocycles. The van der Waals surface area contributed by atoms with Crippen molar-refractivity contribution in [3.05, 3.63) is 60.3 Å². The van der Waals surface area contributed by atoms with Gasteiger partial charge in [-0.15, -0.1) is 0 Å². The van der Waals surface area contributed by atoms with Crippen LogP contribution < -0.4 is 10.5 Å². The molecule has 3 rings (SSSR count). The van der Waals surface area contributed by atoms with E-state index in [4.69, 9.17) is 10.5 Å². The van der Waals surface area contributed by atoms with E-state index < -0.39 is 0 Å². The highest BCUT2D eigenvalue weighted by Crippen LogP contribution is 2.18. The van der Waals surface area contributed by atoms with Gasteiger partial charge in [-0.05, 0) is 60.7 Å². The summed E-state index contributed by atoms with van der Waals surface area (Å²) in [4.78, 5) is 0. The van der Waals surface area contributed by atoms with Gasteiger partial charge in [0, 0.05) is 23.9 Å². The van der Waals surface area contributed by atoms with Gasteiger partial charge < -0.3 is 15.0 Å². The molecule has 0 bridgehead atoms. The zero-order chi connectivity index (χ0) is 14.7. The summed E-state index contributed by atoms with van der Waals surface area (Å²) in [5.74, 6) is 0.873. The van der Waals surface area contributed by atoms with Crippen LogP contribution in [0, 0.1) is 6.92 Å². The van der Waals surface area contributed by atoms with Crippen molar-refractivity contribution < 1.29 is 4.74 Å². The number of ether oxygens (including phenoxy) is 1. The summed E-state index contributed by atoms with van der Waals surface area (Å²) in [7, 11) is 0. The zero-order valence-corrected chi connectivity index (χ0v) is 12.3. The number of fused-ring (bicyclic) bond motifs is 1. The van der Waals surface area contributed by atoms with Gasteiger partial charge in [0.05, 0.1) is 6.61 Å². The number of nitrogen functional groups attached to an aromatic ring is 1. The van der Waals surface area contributed by atoms with Crippen LogP contribution in [0.15, 0.2) is 54.7 Å². The molecule has 21 heavy (non-hydrogen) atoms. The number of nitrogens with zero attached hydrogens (tertiary/aromatic N) is 1. The first kappa shape index (κ1) is 13.6. The van der Waals surface area contributed by atoms with Crippen molar-refractivity contribution in [2.24, 2.45) is 0 Å². The van der Waals surface area contributed by atoms with Gasteiger partial charge in [0.2, 0.25) is 0 Å². The summed E-state index contributed by atoms with van der Waals surface area (Å²) in [6.07, 6.45) is 3.12. The second-order valence-corrected chi connectivity index (χ2v) is 5.34. The fourth-order valence-electron chi connectivity index (χ4n) is 2.48. The van der Waals surface area contributed by atoms with Crippen LogP contribution in [0.2, 0.25) is 0 Å². The Morgan fingerprint density at radius 3 is 2.67 bits per heavy atom. The van der Waals surface area contributed by atoms with Crippen LogP contribution in [0.3, 0.4) is 0 Å². The minimum absolute atomic E-state index is 0.704. The number of anilines is 1. The van der Waals surface area contributed by atoms with Gasteiger partial charge in [0.1, 0.15) is 5.75 Å². The zero-order valence-electron chi connectivity index (χ0n) is 12.3. The van der Waals surface area contributed by atoms with E-state index in [1.807, 2.05) is 24.3 Å². The molecule has 0 aliphatic heterocycles. The summed E-state index contributed by atoms with van der Waals surface area (Å²) in [6, 6.07) is 16.2. The number of hydrogen-bond donors (Lipinski definition) is 1. The van der Waals surface area contributed by atoms with Crippen molar-refractivity contribution in [2.45, 2.75) is 19.9 Å². The third-order valence-electron chi connectivity index (χ3n) is 3.62. The van der Waals surface area contributed by atoms with Gasteiger partial charge in [-0.25, -0.2) is 0 Å². The monoisotopic (exact) mass is 280 g/mol. The Balaban J connectivity index is 1.57. The van der Waals surface area contributed by atoms with Crippen LogP contribution >= 0.6 is 0 Å². The summed E-state index contributed by atoms with van der Waals surface area (Å²) in [5.41, 5.74) is 9.00. The first-order valence-corrected chi connectivity index (χ1v) is 7.26. The second kappa shape index (κ2) is 5.92. The van der Waals surface area contributed by atoms with E-state index in [1.54, 1.807) is 0 Å². The summed E-state index contributed by atoms with van der Waals surface area (Å²) >= 11 is 0.